The molecule has 0 saturated heterocycles. The summed E-state index contributed by atoms with van der Waals surface area (Å²) in [5.74, 6) is -0.703. The fourth-order valence-electron chi connectivity index (χ4n) is 2.42. The van der Waals surface area contributed by atoms with Gasteiger partial charge in [-0.15, -0.1) is 0 Å². The third-order valence-electron chi connectivity index (χ3n) is 3.58. The molecule has 150 valence electrons. The number of amides is 1. The molecule has 2 aromatic carbocycles. The summed E-state index contributed by atoms with van der Waals surface area (Å²) in [4.78, 5) is 23.0. The fourth-order valence-corrected chi connectivity index (χ4v) is 3.09. The van der Waals surface area contributed by atoms with Crippen LogP contribution < -0.4 is 15.4 Å². The maximum atomic E-state index is 12.0. The van der Waals surface area contributed by atoms with Crippen molar-refractivity contribution in [1.82, 2.24) is 5.32 Å². The highest BCUT2D eigenvalue weighted by Gasteiger charge is 2.15. The van der Waals surface area contributed by atoms with Gasteiger partial charge in [0.2, 0.25) is 0 Å². The minimum Gasteiger partial charge on any atom is -0.483 e. The van der Waals surface area contributed by atoms with Crippen molar-refractivity contribution in [3.8, 4) is 5.75 Å². The SMILES string of the molecule is CC(C)(C)NC(=O)COc1ccc(Br)cc1CNc1ccc(C(=O)O)c(Cl)c1. The molecule has 2 rings (SSSR count). The van der Waals surface area contributed by atoms with Crippen LogP contribution in [0.5, 0.6) is 5.75 Å². The molecular formula is C20H22BrClN2O4. The van der Waals surface area contributed by atoms with Crippen LogP contribution in [0.25, 0.3) is 0 Å². The van der Waals surface area contributed by atoms with Crippen LogP contribution in [0.1, 0.15) is 36.7 Å². The Hall–Kier alpha value is -2.25. The molecule has 0 atom stereocenters. The standard InChI is InChI=1S/C20H22BrClN2O4/c1-20(2,3)24-18(25)11-28-17-7-4-13(21)8-12(17)10-23-14-5-6-15(19(26)27)16(22)9-14/h4-9,23H,10-11H2,1-3H3,(H,24,25)(H,26,27). The fraction of sp³-hybridized carbons (Fsp3) is 0.300. The van der Waals surface area contributed by atoms with Crippen LogP contribution in [-0.2, 0) is 11.3 Å². The summed E-state index contributed by atoms with van der Waals surface area (Å²) in [6, 6.07) is 10.1. The van der Waals surface area contributed by atoms with Crippen LogP contribution in [0.4, 0.5) is 5.69 Å². The highest BCUT2D eigenvalue weighted by atomic mass is 79.9. The zero-order valence-corrected chi connectivity index (χ0v) is 18.1. The number of benzene rings is 2. The Kier molecular flexibility index (Phi) is 7.32. The first kappa shape index (κ1) is 22.0. The number of carboxylic acid groups (broad SMARTS) is 1. The molecule has 0 heterocycles. The number of rotatable bonds is 7. The van der Waals surface area contributed by atoms with Crippen molar-refractivity contribution in [2.75, 3.05) is 11.9 Å². The quantitative estimate of drug-likeness (QED) is 0.547. The van der Waals surface area contributed by atoms with E-state index in [9.17, 15) is 9.59 Å². The second kappa shape index (κ2) is 9.30. The van der Waals surface area contributed by atoms with Crippen molar-refractivity contribution < 1.29 is 19.4 Å². The Balaban J connectivity index is 2.07. The van der Waals surface area contributed by atoms with E-state index in [4.69, 9.17) is 21.4 Å². The van der Waals surface area contributed by atoms with Gasteiger partial charge in [0.15, 0.2) is 6.61 Å². The van der Waals surface area contributed by atoms with Gasteiger partial charge in [-0.1, -0.05) is 27.5 Å². The number of nitrogens with one attached hydrogen (secondary N) is 2. The molecule has 8 heteroatoms. The van der Waals surface area contributed by atoms with Gasteiger partial charge in [0.05, 0.1) is 10.6 Å². The number of carbonyl (C=O) groups is 2. The molecule has 0 aliphatic heterocycles. The molecule has 1 amide bonds. The molecule has 6 nitrogen and oxygen atoms in total. The van der Waals surface area contributed by atoms with E-state index in [2.05, 4.69) is 26.6 Å². The van der Waals surface area contributed by atoms with E-state index in [1.54, 1.807) is 18.2 Å². The summed E-state index contributed by atoms with van der Waals surface area (Å²) in [5.41, 5.74) is 1.22. The summed E-state index contributed by atoms with van der Waals surface area (Å²) in [7, 11) is 0. The average Bonchev–Trinajstić information content (AvgIpc) is 2.57. The van der Waals surface area contributed by atoms with Gasteiger partial charge >= 0.3 is 5.97 Å². The molecule has 0 saturated carbocycles. The first-order valence-electron chi connectivity index (χ1n) is 8.54. The van der Waals surface area contributed by atoms with Crippen LogP contribution in [0.3, 0.4) is 0 Å². The van der Waals surface area contributed by atoms with Gasteiger partial charge in [-0.3, -0.25) is 4.79 Å². The largest absolute Gasteiger partial charge is 0.483 e. The Morgan fingerprint density at radius 2 is 1.89 bits per heavy atom. The van der Waals surface area contributed by atoms with Gasteiger partial charge in [0.1, 0.15) is 5.75 Å². The van der Waals surface area contributed by atoms with E-state index in [1.165, 1.54) is 6.07 Å². The van der Waals surface area contributed by atoms with Crippen molar-refractivity contribution in [3.63, 3.8) is 0 Å². The van der Waals surface area contributed by atoms with E-state index in [0.29, 0.717) is 18.0 Å². The van der Waals surface area contributed by atoms with Crippen molar-refractivity contribution in [1.29, 1.82) is 0 Å². The smallest absolute Gasteiger partial charge is 0.337 e. The molecular weight excluding hydrogens is 448 g/mol. The molecule has 0 aromatic heterocycles. The molecule has 0 unspecified atom stereocenters. The van der Waals surface area contributed by atoms with Gasteiger partial charge in [-0.05, 0) is 57.2 Å². The number of hydrogen-bond acceptors (Lipinski definition) is 4. The van der Waals surface area contributed by atoms with E-state index in [-0.39, 0.29) is 28.6 Å². The zero-order valence-electron chi connectivity index (χ0n) is 15.8. The van der Waals surface area contributed by atoms with E-state index >= 15 is 0 Å². The lowest BCUT2D eigenvalue weighted by Gasteiger charge is -2.21. The molecule has 0 bridgehead atoms. The third kappa shape index (κ3) is 6.73. The van der Waals surface area contributed by atoms with Crippen molar-refractivity contribution in [2.45, 2.75) is 32.9 Å². The van der Waals surface area contributed by atoms with Crippen molar-refractivity contribution in [2.24, 2.45) is 0 Å². The van der Waals surface area contributed by atoms with Crippen LogP contribution in [0, 0.1) is 0 Å². The molecule has 3 N–H and O–H groups in total. The lowest BCUT2D eigenvalue weighted by Crippen LogP contribution is -2.43. The van der Waals surface area contributed by atoms with Gasteiger partial charge in [0.25, 0.3) is 5.91 Å². The molecule has 0 spiro atoms. The minimum atomic E-state index is -1.08. The molecule has 0 aliphatic rings. The van der Waals surface area contributed by atoms with Crippen molar-refractivity contribution in [3.05, 3.63) is 57.0 Å². The summed E-state index contributed by atoms with van der Waals surface area (Å²) in [6.07, 6.45) is 0. The number of anilines is 1. The minimum absolute atomic E-state index is 0.0450. The Bertz CT molecular complexity index is 881. The number of ether oxygens (including phenoxy) is 1. The number of aromatic carboxylic acids is 1. The average molecular weight is 470 g/mol. The van der Waals surface area contributed by atoms with Gasteiger partial charge < -0.3 is 20.5 Å². The van der Waals surface area contributed by atoms with Crippen molar-refractivity contribution >= 4 is 45.1 Å². The topological polar surface area (TPSA) is 87.7 Å². The van der Waals surface area contributed by atoms with E-state index < -0.39 is 5.97 Å². The highest BCUT2D eigenvalue weighted by molar-refractivity contribution is 9.10. The first-order chi connectivity index (χ1) is 13.0. The normalized spacial score (nSPS) is 11.0. The maximum absolute atomic E-state index is 12.0. The predicted molar refractivity (Wildman–Crippen MR) is 113 cm³/mol. The number of hydrogen-bond donors (Lipinski definition) is 3. The number of carbonyl (C=O) groups excluding carboxylic acids is 1. The van der Waals surface area contributed by atoms with E-state index in [0.717, 1.165) is 10.0 Å². The molecule has 28 heavy (non-hydrogen) atoms. The molecule has 0 radical (unpaired) electrons. The third-order valence-corrected chi connectivity index (χ3v) is 4.38. The molecule has 0 fully saturated rings. The Morgan fingerprint density at radius 3 is 2.50 bits per heavy atom. The summed E-state index contributed by atoms with van der Waals surface area (Å²) in [6.45, 7) is 6.02. The van der Waals surface area contributed by atoms with E-state index in [1.807, 2.05) is 32.9 Å². The lowest BCUT2D eigenvalue weighted by molar-refractivity contribution is -0.124. The second-order valence-electron chi connectivity index (χ2n) is 7.19. The monoisotopic (exact) mass is 468 g/mol. The number of carboxylic acids is 1. The first-order valence-corrected chi connectivity index (χ1v) is 9.71. The number of halogens is 2. The summed E-state index contributed by atoms with van der Waals surface area (Å²) in [5, 5.41) is 15.2. The van der Waals surface area contributed by atoms with Crippen LogP contribution in [0.15, 0.2) is 40.9 Å². The van der Waals surface area contributed by atoms with Crippen LogP contribution >= 0.6 is 27.5 Å². The van der Waals surface area contributed by atoms with Gasteiger partial charge in [-0.25, -0.2) is 4.79 Å². The van der Waals surface area contributed by atoms with Gasteiger partial charge in [-0.2, -0.15) is 0 Å². The maximum Gasteiger partial charge on any atom is 0.337 e. The Morgan fingerprint density at radius 1 is 1.18 bits per heavy atom. The molecule has 2 aromatic rings. The molecule has 0 aliphatic carbocycles. The zero-order chi connectivity index (χ0) is 20.9. The van der Waals surface area contributed by atoms with Crippen LogP contribution in [0.2, 0.25) is 5.02 Å². The predicted octanol–water partition coefficient (Wildman–Crippen LogP) is 4.71. The van der Waals surface area contributed by atoms with Gasteiger partial charge in [0, 0.05) is 27.8 Å². The summed E-state index contributed by atoms with van der Waals surface area (Å²) < 4.78 is 6.56. The lowest BCUT2D eigenvalue weighted by atomic mass is 10.1. The Labute approximate surface area is 177 Å². The highest BCUT2D eigenvalue weighted by Crippen LogP contribution is 2.26. The van der Waals surface area contributed by atoms with Crippen LogP contribution in [-0.4, -0.2) is 29.1 Å². The summed E-state index contributed by atoms with van der Waals surface area (Å²) >= 11 is 9.43. The second-order valence-corrected chi connectivity index (χ2v) is 8.52.